The van der Waals surface area contributed by atoms with Crippen LogP contribution in [0.15, 0.2) is 0 Å². The minimum atomic E-state index is 1.25. The lowest BCUT2D eigenvalue weighted by Crippen LogP contribution is -2.17. The maximum atomic E-state index is 2.49. The van der Waals surface area contributed by atoms with E-state index >= 15 is 0 Å². The fourth-order valence-electron chi connectivity index (χ4n) is 1.10. The molecule has 0 radical (unpaired) electrons. The molecule has 1 nitrogen and oxygen atoms in total. The zero-order chi connectivity index (χ0) is 11.1. The number of hydrogen-bond donors (Lipinski definition) is 0. The molecule has 84 valence electrons. The normalized spacial score (nSPS) is 14.1. The summed E-state index contributed by atoms with van der Waals surface area (Å²) < 4.78 is 0. The van der Waals surface area contributed by atoms with Crippen LogP contribution in [0.25, 0.3) is 0 Å². The van der Waals surface area contributed by atoms with Gasteiger partial charge in [0.1, 0.15) is 0 Å². The van der Waals surface area contributed by atoms with Crippen molar-refractivity contribution in [2.75, 3.05) is 19.6 Å². The first kappa shape index (κ1) is 18.7. The molecule has 1 heterocycles. The van der Waals surface area contributed by atoms with Crippen LogP contribution in [0.5, 0.6) is 0 Å². The zero-order valence-corrected chi connectivity index (χ0v) is 11.0. The smallest absolute Gasteiger partial charge is 0.00184 e. The van der Waals surface area contributed by atoms with Crippen LogP contribution in [-0.4, -0.2) is 24.5 Å². The number of hydrogen-bond acceptors (Lipinski definition) is 1. The van der Waals surface area contributed by atoms with E-state index in [0.29, 0.717) is 0 Å². The van der Waals surface area contributed by atoms with Crippen LogP contribution < -0.4 is 0 Å². The quantitative estimate of drug-likeness (QED) is 0.598. The molecule has 0 aromatic carbocycles. The Balaban J connectivity index is -0.000000144. The molecule has 0 amide bonds. The minimum Gasteiger partial charge on any atom is -0.304 e. The van der Waals surface area contributed by atoms with Crippen LogP contribution in [0.4, 0.5) is 0 Å². The summed E-state index contributed by atoms with van der Waals surface area (Å²) in [7, 11) is 0. The monoisotopic (exact) mass is 189 g/mol. The third-order valence-corrected chi connectivity index (χ3v) is 1.65. The Morgan fingerprint density at radius 1 is 0.769 bits per heavy atom. The summed E-state index contributed by atoms with van der Waals surface area (Å²) >= 11 is 0. The number of rotatable bonds is 1. The second-order valence-corrected chi connectivity index (χ2v) is 2.14. The highest BCUT2D eigenvalue weighted by atomic mass is 15.1. The lowest BCUT2D eigenvalue weighted by atomic mass is 10.4. The Bertz CT molecular complexity index is 47.1. The molecule has 1 fully saturated rings. The van der Waals surface area contributed by atoms with Crippen LogP contribution in [0, 0.1) is 0 Å². The predicted octanol–water partition coefficient (Wildman–Crippen LogP) is 4.18. The predicted molar refractivity (Wildman–Crippen MR) is 65.4 cm³/mol. The molecule has 13 heavy (non-hydrogen) atoms. The van der Waals surface area contributed by atoms with Crippen LogP contribution in [0.3, 0.4) is 0 Å². The lowest BCUT2D eigenvalue weighted by Gasteiger charge is -2.08. The lowest BCUT2D eigenvalue weighted by molar-refractivity contribution is 0.359. The molecule has 0 N–H and O–H groups in total. The third-order valence-electron chi connectivity index (χ3n) is 1.65. The van der Waals surface area contributed by atoms with Gasteiger partial charge in [-0.1, -0.05) is 48.5 Å². The van der Waals surface area contributed by atoms with E-state index in [9.17, 15) is 0 Å². The topological polar surface area (TPSA) is 3.24 Å². The molecular weight excluding hydrogens is 158 g/mol. The summed E-state index contributed by atoms with van der Waals surface area (Å²) in [5.41, 5.74) is 0. The SMILES string of the molecule is CC.CC.CC.CCN1CCCC1. The standard InChI is InChI=1S/C6H13N.3C2H6/c1-2-7-5-3-4-6-7;3*1-2/h2-6H2,1H3;3*1-2H3. The van der Waals surface area contributed by atoms with E-state index in [-0.39, 0.29) is 0 Å². The first-order valence-electron chi connectivity index (χ1n) is 6.16. The van der Waals surface area contributed by atoms with Gasteiger partial charge in [-0.2, -0.15) is 0 Å². The summed E-state index contributed by atoms with van der Waals surface area (Å²) in [5, 5.41) is 0. The molecule has 1 heteroatoms. The van der Waals surface area contributed by atoms with Crippen LogP contribution in [0.2, 0.25) is 0 Å². The molecule has 0 aliphatic carbocycles. The molecule has 1 aliphatic heterocycles. The van der Waals surface area contributed by atoms with Crippen molar-refractivity contribution in [1.29, 1.82) is 0 Å². The third kappa shape index (κ3) is 14.8. The average molecular weight is 189 g/mol. The average Bonchev–Trinajstić information content (AvgIpc) is 2.79. The molecule has 1 rings (SSSR count). The van der Waals surface area contributed by atoms with Gasteiger partial charge in [-0.05, 0) is 32.5 Å². The second-order valence-electron chi connectivity index (χ2n) is 2.14. The van der Waals surface area contributed by atoms with E-state index in [1.807, 2.05) is 41.5 Å². The summed E-state index contributed by atoms with van der Waals surface area (Å²) in [6.45, 7) is 18.2. The molecule has 1 saturated heterocycles. The Morgan fingerprint density at radius 3 is 1.23 bits per heavy atom. The minimum absolute atomic E-state index is 1.25. The summed E-state index contributed by atoms with van der Waals surface area (Å²) in [6.07, 6.45) is 2.85. The molecule has 0 saturated carbocycles. The van der Waals surface area contributed by atoms with E-state index in [2.05, 4.69) is 11.8 Å². The van der Waals surface area contributed by atoms with Crippen LogP contribution in [-0.2, 0) is 0 Å². The molecule has 0 atom stereocenters. The molecule has 0 aromatic heterocycles. The molecule has 0 spiro atoms. The Kier molecular flexibility index (Phi) is 32.6. The maximum absolute atomic E-state index is 2.49. The number of nitrogens with zero attached hydrogens (tertiary/aromatic N) is 1. The molecule has 1 aliphatic rings. The molecule has 0 bridgehead atoms. The summed E-state index contributed by atoms with van der Waals surface area (Å²) in [4.78, 5) is 2.49. The van der Waals surface area contributed by atoms with Crippen molar-refractivity contribution in [1.82, 2.24) is 4.90 Å². The van der Waals surface area contributed by atoms with Crippen molar-refractivity contribution < 1.29 is 0 Å². The van der Waals surface area contributed by atoms with Crippen molar-refractivity contribution in [3.05, 3.63) is 0 Å². The highest BCUT2D eigenvalue weighted by molar-refractivity contribution is 4.62. The summed E-state index contributed by atoms with van der Waals surface area (Å²) in [5.74, 6) is 0. The fraction of sp³-hybridized carbons (Fsp3) is 1.00. The van der Waals surface area contributed by atoms with Gasteiger partial charge in [0, 0.05) is 0 Å². The first-order valence-corrected chi connectivity index (χ1v) is 6.16. The molecule has 0 unspecified atom stereocenters. The van der Waals surface area contributed by atoms with Gasteiger partial charge < -0.3 is 4.90 Å². The van der Waals surface area contributed by atoms with Gasteiger partial charge >= 0.3 is 0 Å². The van der Waals surface area contributed by atoms with Crippen molar-refractivity contribution >= 4 is 0 Å². The van der Waals surface area contributed by atoms with Gasteiger partial charge in [0.2, 0.25) is 0 Å². The fourth-order valence-corrected chi connectivity index (χ4v) is 1.10. The zero-order valence-electron chi connectivity index (χ0n) is 11.0. The van der Waals surface area contributed by atoms with E-state index in [1.165, 1.54) is 32.5 Å². The van der Waals surface area contributed by atoms with Gasteiger partial charge in [0.25, 0.3) is 0 Å². The van der Waals surface area contributed by atoms with Gasteiger partial charge in [-0.3, -0.25) is 0 Å². The van der Waals surface area contributed by atoms with Crippen molar-refractivity contribution in [2.24, 2.45) is 0 Å². The van der Waals surface area contributed by atoms with Crippen LogP contribution >= 0.6 is 0 Å². The van der Waals surface area contributed by atoms with E-state index in [1.54, 1.807) is 0 Å². The first-order chi connectivity index (χ1) is 6.43. The Hall–Kier alpha value is -0.0400. The maximum Gasteiger partial charge on any atom is -0.00184 e. The van der Waals surface area contributed by atoms with E-state index < -0.39 is 0 Å². The van der Waals surface area contributed by atoms with Gasteiger partial charge in [0.15, 0.2) is 0 Å². The molecular formula is C12H31N. The van der Waals surface area contributed by atoms with Gasteiger partial charge in [-0.15, -0.1) is 0 Å². The highest BCUT2D eigenvalue weighted by Gasteiger charge is 2.06. The van der Waals surface area contributed by atoms with Gasteiger partial charge in [0.05, 0.1) is 0 Å². The van der Waals surface area contributed by atoms with E-state index in [4.69, 9.17) is 0 Å². The van der Waals surface area contributed by atoms with Crippen LogP contribution in [0.1, 0.15) is 61.3 Å². The van der Waals surface area contributed by atoms with E-state index in [0.717, 1.165) is 0 Å². The Labute approximate surface area is 86.5 Å². The van der Waals surface area contributed by atoms with Crippen molar-refractivity contribution in [3.8, 4) is 0 Å². The molecule has 0 aromatic rings. The largest absolute Gasteiger partial charge is 0.304 e. The van der Waals surface area contributed by atoms with Gasteiger partial charge in [-0.25, -0.2) is 0 Å². The summed E-state index contributed by atoms with van der Waals surface area (Å²) in [6, 6.07) is 0. The highest BCUT2D eigenvalue weighted by Crippen LogP contribution is 2.04. The van der Waals surface area contributed by atoms with Crippen molar-refractivity contribution in [3.63, 3.8) is 0 Å². The van der Waals surface area contributed by atoms with Crippen molar-refractivity contribution in [2.45, 2.75) is 61.3 Å². The number of likely N-dealkylation sites (tertiary alicyclic amines) is 1. The second kappa shape index (κ2) is 22.7. The Morgan fingerprint density at radius 2 is 1.08 bits per heavy atom.